The molecule has 0 bridgehead atoms. The number of hydrogen-bond donors (Lipinski definition) is 1. The molecule has 2 aromatic carbocycles. The summed E-state index contributed by atoms with van der Waals surface area (Å²) in [4.78, 5) is 8.97. The highest BCUT2D eigenvalue weighted by Gasteiger charge is 2.05. The van der Waals surface area contributed by atoms with Crippen molar-refractivity contribution in [1.29, 1.82) is 0 Å². The van der Waals surface area contributed by atoms with Crippen molar-refractivity contribution in [3.05, 3.63) is 72.8 Å². The summed E-state index contributed by atoms with van der Waals surface area (Å²) in [6, 6.07) is 17.3. The molecule has 0 aliphatic rings. The van der Waals surface area contributed by atoms with Gasteiger partial charge in [-0.1, -0.05) is 6.07 Å². The van der Waals surface area contributed by atoms with Crippen LogP contribution in [0.5, 0.6) is 5.75 Å². The van der Waals surface area contributed by atoms with E-state index in [0.29, 0.717) is 0 Å². The fourth-order valence-corrected chi connectivity index (χ4v) is 2.71. The van der Waals surface area contributed by atoms with E-state index in [4.69, 9.17) is 4.98 Å². The lowest BCUT2D eigenvalue weighted by Gasteiger charge is -2.08. The molecule has 0 aliphatic heterocycles. The molecule has 2 heterocycles. The summed E-state index contributed by atoms with van der Waals surface area (Å²) in [5, 5.41) is 10.5. The third-order valence-electron chi connectivity index (χ3n) is 3.94. The lowest BCUT2D eigenvalue weighted by Crippen LogP contribution is -1.95. The maximum atomic E-state index is 9.39. The third kappa shape index (κ3) is 2.44. The summed E-state index contributed by atoms with van der Waals surface area (Å²) in [6.07, 6.45) is 3.75. The second-order valence-corrected chi connectivity index (χ2v) is 5.46. The summed E-state index contributed by atoms with van der Waals surface area (Å²) >= 11 is 0. The maximum Gasteiger partial charge on any atom is 0.115 e. The smallest absolute Gasteiger partial charge is 0.115 e. The minimum absolute atomic E-state index is 0.259. The number of nitrogens with zero attached hydrogens (tertiary/aromatic N) is 3. The Labute approximate surface area is 133 Å². The Kier molecular flexibility index (Phi) is 3.08. The first-order valence-electron chi connectivity index (χ1n) is 7.41. The van der Waals surface area contributed by atoms with Crippen LogP contribution in [-0.2, 0) is 0 Å². The summed E-state index contributed by atoms with van der Waals surface area (Å²) in [5.74, 6) is 1.22. The molecule has 0 saturated carbocycles. The van der Waals surface area contributed by atoms with E-state index in [1.54, 1.807) is 18.3 Å². The van der Waals surface area contributed by atoms with Crippen molar-refractivity contribution in [2.75, 3.05) is 0 Å². The van der Waals surface area contributed by atoms with Crippen LogP contribution in [0.4, 0.5) is 0 Å². The third-order valence-corrected chi connectivity index (χ3v) is 3.94. The zero-order chi connectivity index (χ0) is 15.8. The minimum Gasteiger partial charge on any atom is -0.508 e. The van der Waals surface area contributed by atoms with E-state index in [0.717, 1.165) is 33.7 Å². The molecule has 0 saturated heterocycles. The van der Waals surface area contributed by atoms with Gasteiger partial charge >= 0.3 is 0 Å². The second kappa shape index (κ2) is 5.25. The minimum atomic E-state index is 0.259. The van der Waals surface area contributed by atoms with Crippen molar-refractivity contribution in [2.24, 2.45) is 0 Å². The number of aromatic nitrogens is 3. The van der Waals surface area contributed by atoms with Crippen molar-refractivity contribution in [3.63, 3.8) is 0 Å². The zero-order valence-corrected chi connectivity index (χ0v) is 12.6. The van der Waals surface area contributed by atoms with Gasteiger partial charge in [0, 0.05) is 29.0 Å². The Hall–Kier alpha value is -3.14. The average molecular weight is 301 g/mol. The Morgan fingerprint density at radius 1 is 0.957 bits per heavy atom. The van der Waals surface area contributed by atoms with E-state index in [1.165, 1.54) is 0 Å². The molecule has 4 nitrogen and oxygen atoms in total. The van der Waals surface area contributed by atoms with Crippen LogP contribution >= 0.6 is 0 Å². The predicted octanol–water partition coefficient (Wildman–Crippen LogP) is 4.10. The molecule has 0 atom stereocenters. The predicted molar refractivity (Wildman–Crippen MR) is 90.7 cm³/mol. The quantitative estimate of drug-likeness (QED) is 0.606. The zero-order valence-electron chi connectivity index (χ0n) is 12.6. The number of fused-ring (bicyclic) bond motifs is 1. The summed E-state index contributed by atoms with van der Waals surface area (Å²) in [5.41, 5.74) is 3.90. The number of benzene rings is 2. The number of imidazole rings is 1. The maximum absolute atomic E-state index is 9.39. The molecule has 2 aromatic heterocycles. The van der Waals surface area contributed by atoms with E-state index in [1.807, 2.05) is 48.0 Å². The highest BCUT2D eigenvalue weighted by molar-refractivity contribution is 5.83. The molecule has 4 rings (SSSR count). The van der Waals surface area contributed by atoms with Gasteiger partial charge in [0.2, 0.25) is 0 Å². The van der Waals surface area contributed by atoms with Crippen LogP contribution in [0.3, 0.4) is 0 Å². The summed E-state index contributed by atoms with van der Waals surface area (Å²) in [6.45, 7) is 1.98. The van der Waals surface area contributed by atoms with Crippen molar-refractivity contribution < 1.29 is 5.11 Å². The highest BCUT2D eigenvalue weighted by Crippen LogP contribution is 2.24. The van der Waals surface area contributed by atoms with E-state index < -0.39 is 0 Å². The first kappa shape index (κ1) is 13.5. The van der Waals surface area contributed by atoms with E-state index in [9.17, 15) is 5.11 Å². The molecular formula is C19H15N3O. The van der Waals surface area contributed by atoms with Crippen molar-refractivity contribution in [2.45, 2.75) is 6.92 Å². The molecular weight excluding hydrogens is 286 g/mol. The molecule has 0 spiro atoms. The normalized spacial score (nSPS) is 11.0. The van der Waals surface area contributed by atoms with E-state index >= 15 is 0 Å². The standard InChI is InChI=1S/C19H15N3O/c1-13-20-10-11-22(13)16-5-9-19-15(12-16)4-8-18(21-19)14-2-6-17(23)7-3-14/h2-12,23H,1H3. The first-order valence-corrected chi connectivity index (χ1v) is 7.41. The summed E-state index contributed by atoms with van der Waals surface area (Å²) < 4.78 is 2.05. The first-order chi connectivity index (χ1) is 11.2. The number of aromatic hydroxyl groups is 1. The molecule has 0 fully saturated rings. The second-order valence-electron chi connectivity index (χ2n) is 5.46. The van der Waals surface area contributed by atoms with Crippen LogP contribution in [-0.4, -0.2) is 19.6 Å². The number of phenols is 1. The number of phenolic OH excluding ortho intramolecular Hbond substituents is 1. The molecule has 0 amide bonds. The van der Waals surface area contributed by atoms with Crippen LogP contribution in [0.25, 0.3) is 27.8 Å². The topological polar surface area (TPSA) is 50.9 Å². The van der Waals surface area contributed by atoms with Crippen molar-refractivity contribution in [1.82, 2.24) is 14.5 Å². The van der Waals surface area contributed by atoms with Crippen LogP contribution in [0.2, 0.25) is 0 Å². The molecule has 4 aromatic rings. The van der Waals surface area contributed by atoms with Crippen LogP contribution < -0.4 is 0 Å². The Balaban J connectivity index is 1.79. The Bertz CT molecular complexity index is 987. The van der Waals surface area contributed by atoms with Gasteiger partial charge in [0.25, 0.3) is 0 Å². The Morgan fingerprint density at radius 3 is 2.52 bits per heavy atom. The number of aryl methyl sites for hydroxylation is 1. The fraction of sp³-hybridized carbons (Fsp3) is 0.0526. The van der Waals surface area contributed by atoms with Crippen LogP contribution in [0, 0.1) is 6.92 Å². The highest BCUT2D eigenvalue weighted by atomic mass is 16.3. The molecule has 0 aliphatic carbocycles. The summed E-state index contributed by atoms with van der Waals surface area (Å²) in [7, 11) is 0. The van der Waals surface area contributed by atoms with Crippen LogP contribution in [0.15, 0.2) is 67.0 Å². The van der Waals surface area contributed by atoms with Gasteiger partial charge in [-0.05, 0) is 55.5 Å². The van der Waals surface area contributed by atoms with Gasteiger partial charge in [-0.3, -0.25) is 0 Å². The molecule has 0 radical (unpaired) electrons. The van der Waals surface area contributed by atoms with Gasteiger partial charge in [0.15, 0.2) is 0 Å². The monoisotopic (exact) mass is 301 g/mol. The number of pyridine rings is 1. The fourth-order valence-electron chi connectivity index (χ4n) is 2.71. The molecule has 23 heavy (non-hydrogen) atoms. The van der Waals surface area contributed by atoms with E-state index in [-0.39, 0.29) is 5.75 Å². The van der Waals surface area contributed by atoms with Gasteiger partial charge in [0.1, 0.15) is 11.6 Å². The van der Waals surface area contributed by atoms with Gasteiger partial charge in [-0.25, -0.2) is 9.97 Å². The lowest BCUT2D eigenvalue weighted by atomic mass is 10.1. The van der Waals surface area contributed by atoms with Gasteiger partial charge < -0.3 is 9.67 Å². The molecule has 0 unspecified atom stereocenters. The van der Waals surface area contributed by atoms with Gasteiger partial charge in [-0.15, -0.1) is 0 Å². The largest absolute Gasteiger partial charge is 0.508 e. The molecule has 1 N–H and O–H groups in total. The van der Waals surface area contributed by atoms with Gasteiger partial charge in [-0.2, -0.15) is 0 Å². The SMILES string of the molecule is Cc1nccn1-c1ccc2nc(-c3ccc(O)cc3)ccc2c1. The number of hydrogen-bond acceptors (Lipinski definition) is 3. The van der Waals surface area contributed by atoms with E-state index in [2.05, 4.69) is 17.1 Å². The van der Waals surface area contributed by atoms with Crippen LogP contribution in [0.1, 0.15) is 5.82 Å². The van der Waals surface area contributed by atoms with Crippen molar-refractivity contribution >= 4 is 10.9 Å². The molecule has 4 heteroatoms. The average Bonchev–Trinajstić information content (AvgIpc) is 3.01. The Morgan fingerprint density at radius 2 is 1.78 bits per heavy atom. The molecule has 112 valence electrons. The van der Waals surface area contributed by atoms with Gasteiger partial charge in [0.05, 0.1) is 11.2 Å². The number of rotatable bonds is 2. The lowest BCUT2D eigenvalue weighted by molar-refractivity contribution is 0.475. The van der Waals surface area contributed by atoms with Crippen molar-refractivity contribution in [3.8, 4) is 22.7 Å².